The van der Waals surface area contributed by atoms with E-state index in [-0.39, 0.29) is 15.6 Å². The predicted molar refractivity (Wildman–Crippen MR) is 190 cm³/mol. The highest BCUT2D eigenvalue weighted by molar-refractivity contribution is 7.01. The van der Waals surface area contributed by atoms with Crippen LogP contribution in [0.3, 0.4) is 0 Å². The van der Waals surface area contributed by atoms with Gasteiger partial charge in [0.1, 0.15) is 11.5 Å². The highest BCUT2D eigenvalue weighted by Gasteiger charge is 2.54. The molecule has 4 nitrogen and oxygen atoms in total. The maximum atomic E-state index is 12.4. The largest absolute Gasteiger partial charge is 0.532 e. The zero-order valence-corrected chi connectivity index (χ0v) is 29.0. The zero-order valence-electron chi connectivity index (χ0n) is 27.0. The average molecular weight is 631 g/mol. The van der Waals surface area contributed by atoms with Crippen LogP contribution >= 0.6 is 0 Å². The van der Waals surface area contributed by atoms with Crippen LogP contribution in [0, 0.1) is 0 Å². The SMILES string of the molecule is CC(C)(C)[Si](Oc1ccc(C(=O)O)cc1O[Si](c1ccccc1)(c1ccccc1)C(C)(C)C)(c1ccccc1)c1ccccc1. The highest BCUT2D eigenvalue weighted by atomic mass is 28.4. The van der Waals surface area contributed by atoms with E-state index in [0.717, 1.165) is 20.7 Å². The van der Waals surface area contributed by atoms with Crippen molar-refractivity contribution in [1.82, 2.24) is 0 Å². The summed E-state index contributed by atoms with van der Waals surface area (Å²) in [6.45, 7) is 13.3. The topological polar surface area (TPSA) is 55.8 Å². The molecule has 5 aromatic rings. The van der Waals surface area contributed by atoms with Gasteiger partial charge in [-0.2, -0.15) is 0 Å². The molecule has 0 heterocycles. The Bertz CT molecular complexity index is 1650. The Balaban J connectivity index is 1.81. The van der Waals surface area contributed by atoms with Gasteiger partial charge >= 0.3 is 22.6 Å². The van der Waals surface area contributed by atoms with Crippen LogP contribution in [-0.4, -0.2) is 27.7 Å². The van der Waals surface area contributed by atoms with Crippen LogP contribution in [-0.2, 0) is 0 Å². The van der Waals surface area contributed by atoms with Gasteiger partial charge in [0.2, 0.25) is 0 Å². The Labute approximate surface area is 269 Å². The van der Waals surface area contributed by atoms with Gasteiger partial charge in [-0.05, 0) is 49.0 Å². The molecule has 0 aromatic heterocycles. The number of carbonyl (C=O) groups is 1. The number of rotatable bonds is 9. The molecule has 1 N–H and O–H groups in total. The Morgan fingerprint density at radius 3 is 1.09 bits per heavy atom. The fourth-order valence-electron chi connectivity index (χ4n) is 6.43. The molecule has 0 saturated heterocycles. The monoisotopic (exact) mass is 630 g/mol. The predicted octanol–water partition coefficient (Wildman–Crippen LogP) is 7.26. The van der Waals surface area contributed by atoms with E-state index in [1.165, 1.54) is 0 Å². The molecule has 0 spiro atoms. The summed E-state index contributed by atoms with van der Waals surface area (Å²) in [5.41, 5.74) is 0.151. The van der Waals surface area contributed by atoms with Crippen LogP contribution < -0.4 is 29.6 Å². The molecule has 0 unspecified atom stereocenters. The normalized spacial score (nSPS) is 12.4. The molecule has 5 rings (SSSR count). The first-order chi connectivity index (χ1) is 21.4. The van der Waals surface area contributed by atoms with Crippen LogP contribution in [0.4, 0.5) is 0 Å². The summed E-state index contributed by atoms with van der Waals surface area (Å²) < 4.78 is 14.9. The quantitative estimate of drug-likeness (QED) is 0.174. The number of benzene rings is 5. The minimum absolute atomic E-state index is 0.151. The Morgan fingerprint density at radius 1 is 0.489 bits per heavy atom. The first-order valence-corrected chi connectivity index (χ1v) is 19.2. The number of hydrogen-bond acceptors (Lipinski definition) is 3. The van der Waals surface area contributed by atoms with E-state index in [4.69, 9.17) is 8.85 Å². The van der Waals surface area contributed by atoms with Crippen molar-refractivity contribution in [1.29, 1.82) is 0 Å². The van der Waals surface area contributed by atoms with Crippen molar-refractivity contribution >= 4 is 43.4 Å². The summed E-state index contributed by atoms with van der Waals surface area (Å²) in [6, 6.07) is 46.7. The molecule has 0 saturated carbocycles. The van der Waals surface area contributed by atoms with E-state index >= 15 is 0 Å². The second-order valence-corrected chi connectivity index (χ2v) is 21.9. The van der Waals surface area contributed by atoms with Crippen LogP contribution in [0.5, 0.6) is 11.5 Å². The fourth-order valence-corrected chi connectivity index (χ4v) is 15.3. The van der Waals surface area contributed by atoms with Crippen molar-refractivity contribution in [3.05, 3.63) is 145 Å². The Morgan fingerprint density at radius 2 is 0.800 bits per heavy atom. The molecule has 230 valence electrons. The number of carboxylic acids is 1. The molecular weight excluding hydrogens is 589 g/mol. The highest BCUT2D eigenvalue weighted by Crippen LogP contribution is 2.44. The van der Waals surface area contributed by atoms with E-state index in [0.29, 0.717) is 11.5 Å². The summed E-state index contributed by atoms with van der Waals surface area (Å²) in [5, 5.41) is 14.0. The van der Waals surface area contributed by atoms with Gasteiger partial charge in [0.25, 0.3) is 0 Å². The van der Waals surface area contributed by atoms with E-state index in [1.54, 1.807) is 18.2 Å². The third kappa shape index (κ3) is 6.00. The minimum atomic E-state index is -3.12. The second kappa shape index (κ2) is 12.5. The van der Waals surface area contributed by atoms with E-state index in [2.05, 4.69) is 114 Å². The summed E-state index contributed by atoms with van der Waals surface area (Å²) >= 11 is 0. The van der Waals surface area contributed by atoms with Gasteiger partial charge in [0, 0.05) is 0 Å². The Kier molecular flexibility index (Phi) is 8.92. The van der Waals surface area contributed by atoms with Crippen molar-refractivity contribution in [3.63, 3.8) is 0 Å². The molecule has 6 heteroatoms. The van der Waals surface area contributed by atoms with Gasteiger partial charge in [-0.15, -0.1) is 0 Å². The molecule has 0 aliphatic rings. The molecule has 0 bridgehead atoms. The molecule has 0 aliphatic carbocycles. The van der Waals surface area contributed by atoms with Crippen molar-refractivity contribution in [2.45, 2.75) is 51.6 Å². The zero-order chi connectivity index (χ0) is 32.3. The van der Waals surface area contributed by atoms with E-state index in [9.17, 15) is 9.90 Å². The maximum absolute atomic E-state index is 12.4. The second-order valence-electron chi connectivity index (χ2n) is 13.5. The van der Waals surface area contributed by atoms with Crippen LogP contribution in [0.2, 0.25) is 10.1 Å². The van der Waals surface area contributed by atoms with Gasteiger partial charge < -0.3 is 14.0 Å². The molecule has 0 amide bonds. The van der Waals surface area contributed by atoms with E-state index in [1.807, 2.05) is 48.5 Å². The molecule has 0 atom stereocenters. The first-order valence-electron chi connectivity index (χ1n) is 15.4. The third-order valence-electron chi connectivity index (χ3n) is 8.55. The van der Waals surface area contributed by atoms with Crippen LogP contribution in [0.15, 0.2) is 140 Å². The number of hydrogen-bond donors (Lipinski definition) is 1. The van der Waals surface area contributed by atoms with Gasteiger partial charge in [-0.1, -0.05) is 163 Å². The lowest BCUT2D eigenvalue weighted by Crippen LogP contribution is -2.69. The van der Waals surface area contributed by atoms with Gasteiger partial charge in [0.15, 0.2) is 0 Å². The van der Waals surface area contributed by atoms with Gasteiger partial charge in [-0.25, -0.2) is 4.79 Å². The lowest BCUT2D eigenvalue weighted by atomic mass is 10.2. The van der Waals surface area contributed by atoms with Gasteiger partial charge in [-0.3, -0.25) is 0 Å². The molecule has 0 fully saturated rings. The standard InChI is InChI=1S/C39H42O4Si2/c1-38(2,3)44(31-19-11-7-12-20-31,32-21-13-8-14-22-32)42-35-28-27-30(37(40)41)29-36(35)43-45(39(4,5)6,33-23-15-9-16-24-33)34-25-17-10-18-26-34/h7-29H,1-6H3,(H,40,41). The van der Waals surface area contributed by atoms with Crippen molar-refractivity contribution in [3.8, 4) is 11.5 Å². The molecule has 45 heavy (non-hydrogen) atoms. The van der Waals surface area contributed by atoms with Gasteiger partial charge in [0.05, 0.1) is 5.56 Å². The first kappa shape index (κ1) is 32.0. The maximum Gasteiger partial charge on any atom is 0.335 e. The van der Waals surface area contributed by atoms with Crippen LogP contribution in [0.1, 0.15) is 51.9 Å². The lowest BCUT2D eigenvalue weighted by molar-refractivity contribution is 0.0696. The van der Waals surface area contributed by atoms with Crippen molar-refractivity contribution < 1.29 is 18.8 Å². The molecule has 0 aliphatic heterocycles. The average Bonchev–Trinajstić information content (AvgIpc) is 3.03. The third-order valence-corrected chi connectivity index (χ3v) is 18.4. The van der Waals surface area contributed by atoms with Crippen molar-refractivity contribution in [2.75, 3.05) is 0 Å². The minimum Gasteiger partial charge on any atom is -0.532 e. The summed E-state index contributed by atoms with van der Waals surface area (Å²) in [7, 11) is -6.17. The number of carboxylic acid groups (broad SMARTS) is 1. The molecule has 0 radical (unpaired) electrons. The summed E-state index contributed by atoms with van der Waals surface area (Å²) in [5.74, 6) is -0.0289. The Hall–Kier alpha value is -4.40. The smallest absolute Gasteiger partial charge is 0.335 e. The summed E-state index contributed by atoms with van der Waals surface area (Å²) in [6.07, 6.45) is 0. The summed E-state index contributed by atoms with van der Waals surface area (Å²) in [4.78, 5) is 12.4. The van der Waals surface area contributed by atoms with Crippen molar-refractivity contribution in [2.24, 2.45) is 0 Å². The fraction of sp³-hybridized carbons (Fsp3) is 0.205. The van der Waals surface area contributed by atoms with E-state index < -0.39 is 22.6 Å². The lowest BCUT2D eigenvalue weighted by Gasteiger charge is -2.45. The number of aromatic carboxylic acids is 1. The van der Waals surface area contributed by atoms with Crippen LogP contribution in [0.25, 0.3) is 0 Å². The molecular formula is C39H42O4Si2. The molecule has 5 aromatic carbocycles.